The SMILES string of the molecule is C=C1C=CC([C@](F)(C/C=C/C(C)C)CCCC)=CC=C1C1=CCC2=CN=CC=C(N3CC/C=C(\C(=O)OCC)CCC3)C2=C1. The van der Waals surface area contributed by atoms with Crippen molar-refractivity contribution in [2.45, 2.75) is 84.7 Å². The molecule has 0 saturated heterocycles. The maximum absolute atomic E-state index is 16.6. The number of aliphatic imine (C=N–C) groups is 1. The van der Waals surface area contributed by atoms with E-state index >= 15 is 4.39 Å². The summed E-state index contributed by atoms with van der Waals surface area (Å²) in [7, 11) is 0. The predicted octanol–water partition coefficient (Wildman–Crippen LogP) is 9.55. The van der Waals surface area contributed by atoms with Gasteiger partial charge < -0.3 is 9.64 Å². The van der Waals surface area contributed by atoms with Gasteiger partial charge in [0.2, 0.25) is 0 Å². The third-order valence-electron chi connectivity index (χ3n) is 8.51. The van der Waals surface area contributed by atoms with E-state index < -0.39 is 5.67 Å². The Morgan fingerprint density at radius 1 is 1.16 bits per heavy atom. The Bertz CT molecular complexity index is 1410. The van der Waals surface area contributed by atoms with E-state index in [0.717, 1.165) is 78.8 Å². The summed E-state index contributed by atoms with van der Waals surface area (Å²) in [5.41, 5.74) is 6.52. The van der Waals surface area contributed by atoms with Crippen LogP contribution in [0.3, 0.4) is 0 Å². The lowest BCUT2D eigenvalue weighted by Crippen LogP contribution is -2.29. The summed E-state index contributed by atoms with van der Waals surface area (Å²) in [6.45, 7) is 14.6. The van der Waals surface area contributed by atoms with Gasteiger partial charge in [0, 0.05) is 48.8 Å². The van der Waals surface area contributed by atoms with Gasteiger partial charge in [0.1, 0.15) is 5.67 Å². The molecule has 4 rings (SSSR count). The topological polar surface area (TPSA) is 41.9 Å². The Labute approximate surface area is 264 Å². The molecule has 4 nitrogen and oxygen atoms in total. The van der Waals surface area contributed by atoms with E-state index in [4.69, 9.17) is 4.74 Å². The summed E-state index contributed by atoms with van der Waals surface area (Å²) in [5, 5.41) is 0. The van der Waals surface area contributed by atoms with Gasteiger partial charge in [-0.15, -0.1) is 0 Å². The molecule has 0 aromatic rings. The van der Waals surface area contributed by atoms with E-state index in [2.05, 4.69) is 67.6 Å². The Morgan fingerprint density at radius 2 is 2.00 bits per heavy atom. The van der Waals surface area contributed by atoms with Gasteiger partial charge in [-0.3, -0.25) is 4.99 Å². The largest absolute Gasteiger partial charge is 0.463 e. The van der Waals surface area contributed by atoms with Crippen molar-refractivity contribution in [2.24, 2.45) is 10.9 Å². The van der Waals surface area contributed by atoms with Crippen LogP contribution in [0.1, 0.15) is 79.1 Å². The van der Waals surface area contributed by atoms with Crippen LogP contribution in [-0.4, -0.2) is 42.4 Å². The Balaban J connectivity index is 1.61. The first-order valence-electron chi connectivity index (χ1n) is 16.4. The number of hydrogen-bond acceptors (Lipinski definition) is 4. The number of fused-ring (bicyclic) bond motifs is 1. The van der Waals surface area contributed by atoms with Gasteiger partial charge in [-0.2, -0.15) is 0 Å². The summed E-state index contributed by atoms with van der Waals surface area (Å²) < 4.78 is 21.8. The van der Waals surface area contributed by atoms with Crippen molar-refractivity contribution in [3.63, 3.8) is 0 Å². The second kappa shape index (κ2) is 15.8. The molecule has 1 atom stereocenters. The van der Waals surface area contributed by atoms with Gasteiger partial charge in [0.15, 0.2) is 0 Å². The van der Waals surface area contributed by atoms with Gasteiger partial charge in [-0.1, -0.05) is 88.8 Å². The number of rotatable bonds is 11. The first kappa shape index (κ1) is 33.2. The van der Waals surface area contributed by atoms with Gasteiger partial charge >= 0.3 is 5.97 Å². The van der Waals surface area contributed by atoms with Crippen LogP contribution in [0.5, 0.6) is 0 Å². The van der Waals surface area contributed by atoms with Crippen LogP contribution in [0.4, 0.5) is 4.39 Å². The third-order valence-corrected chi connectivity index (χ3v) is 8.51. The molecule has 2 heterocycles. The van der Waals surface area contributed by atoms with Crippen LogP contribution >= 0.6 is 0 Å². The maximum atomic E-state index is 16.6. The van der Waals surface area contributed by atoms with Gasteiger partial charge in [0.25, 0.3) is 0 Å². The fourth-order valence-corrected chi connectivity index (χ4v) is 6.06. The Morgan fingerprint density at radius 3 is 2.77 bits per heavy atom. The van der Waals surface area contributed by atoms with E-state index in [1.165, 1.54) is 5.57 Å². The summed E-state index contributed by atoms with van der Waals surface area (Å²) in [6, 6.07) is 0. The Hall–Kier alpha value is -3.73. The van der Waals surface area contributed by atoms with Crippen molar-refractivity contribution in [3.8, 4) is 0 Å². The minimum Gasteiger partial charge on any atom is -0.463 e. The summed E-state index contributed by atoms with van der Waals surface area (Å²) in [5.74, 6) is 0.202. The smallest absolute Gasteiger partial charge is 0.333 e. The van der Waals surface area contributed by atoms with Crippen LogP contribution in [0, 0.1) is 5.92 Å². The molecule has 0 saturated carbocycles. The molecule has 44 heavy (non-hydrogen) atoms. The van der Waals surface area contributed by atoms with Crippen molar-refractivity contribution >= 4 is 12.2 Å². The fourth-order valence-electron chi connectivity index (χ4n) is 6.06. The minimum atomic E-state index is -1.42. The molecule has 2 aliphatic heterocycles. The fraction of sp³-hybridized carbons (Fsp3) is 0.436. The lowest BCUT2D eigenvalue weighted by atomic mass is 9.86. The molecule has 4 aliphatic rings. The van der Waals surface area contributed by atoms with Crippen LogP contribution in [0.2, 0.25) is 0 Å². The Kier molecular flexibility index (Phi) is 11.9. The van der Waals surface area contributed by atoms with E-state index in [1.807, 2.05) is 49.7 Å². The molecular formula is C39H49FN2O2. The molecule has 0 aromatic carbocycles. The molecule has 234 valence electrons. The number of allylic oxidation sites excluding steroid dienone is 14. The zero-order chi connectivity index (χ0) is 31.5. The van der Waals surface area contributed by atoms with Gasteiger partial charge in [-0.05, 0) is 85.0 Å². The number of carbonyl (C=O) groups is 1. The normalized spacial score (nSPS) is 21.7. The highest BCUT2D eigenvalue weighted by atomic mass is 19.1. The van der Waals surface area contributed by atoms with Crippen molar-refractivity contribution < 1.29 is 13.9 Å². The second-order valence-corrected chi connectivity index (χ2v) is 12.3. The highest BCUT2D eigenvalue weighted by molar-refractivity contribution is 5.88. The molecule has 0 radical (unpaired) electrons. The van der Waals surface area contributed by atoms with Crippen LogP contribution in [-0.2, 0) is 9.53 Å². The number of halogens is 1. The highest BCUT2D eigenvalue weighted by Gasteiger charge is 2.32. The first-order valence-corrected chi connectivity index (χ1v) is 16.4. The van der Waals surface area contributed by atoms with Gasteiger partial charge in [-0.25, -0.2) is 9.18 Å². The molecule has 0 spiro atoms. The van der Waals surface area contributed by atoms with Crippen LogP contribution in [0.15, 0.2) is 123 Å². The summed E-state index contributed by atoms with van der Waals surface area (Å²) in [4.78, 5) is 19.2. The van der Waals surface area contributed by atoms with Crippen molar-refractivity contribution in [3.05, 3.63) is 118 Å². The van der Waals surface area contributed by atoms with Gasteiger partial charge in [0.05, 0.1) is 6.61 Å². The number of ether oxygens (including phenoxy) is 1. The lowest BCUT2D eigenvalue weighted by Gasteiger charge is -2.32. The summed E-state index contributed by atoms with van der Waals surface area (Å²) in [6.07, 6.45) is 30.2. The molecule has 2 aliphatic carbocycles. The monoisotopic (exact) mass is 596 g/mol. The van der Waals surface area contributed by atoms with E-state index in [1.54, 1.807) is 0 Å². The van der Waals surface area contributed by atoms with Crippen molar-refractivity contribution in [1.29, 1.82) is 0 Å². The van der Waals surface area contributed by atoms with E-state index in [9.17, 15) is 4.79 Å². The minimum absolute atomic E-state index is 0.192. The quantitative estimate of drug-likeness (QED) is 0.176. The molecular weight excluding hydrogens is 547 g/mol. The number of alkyl halides is 1. The van der Waals surface area contributed by atoms with Crippen LogP contribution < -0.4 is 0 Å². The zero-order valence-electron chi connectivity index (χ0n) is 27.1. The number of nitrogens with zero attached hydrogens (tertiary/aromatic N) is 2. The average molecular weight is 597 g/mol. The average Bonchev–Trinajstić information content (AvgIpc) is 3.32. The molecule has 0 bridgehead atoms. The van der Waals surface area contributed by atoms with Crippen molar-refractivity contribution in [2.75, 3.05) is 19.7 Å². The van der Waals surface area contributed by atoms with E-state index in [-0.39, 0.29) is 5.97 Å². The number of esters is 1. The molecule has 0 aromatic heterocycles. The first-order chi connectivity index (χ1) is 21.3. The van der Waals surface area contributed by atoms with Crippen LogP contribution in [0.25, 0.3) is 0 Å². The third kappa shape index (κ3) is 8.46. The number of hydrogen-bond donors (Lipinski definition) is 0. The predicted molar refractivity (Wildman–Crippen MR) is 182 cm³/mol. The number of carbonyl (C=O) groups excluding carboxylic acids is 1. The highest BCUT2D eigenvalue weighted by Crippen LogP contribution is 2.39. The standard InChI is InChI=1S/C39H49FN2O2/c1-6-8-22-39(40,23-9-12-29(3)4)34-18-15-30(5)35(20-19-34)32-16-17-33-28-41-24-21-37(36(33)27-32)42-25-10-13-31(14-11-26-42)38(43)44-7-2/h9,12-13,15-16,18-21,24,27-29H,5-8,10-11,14,17,22-23,25-26H2,1-4H3/b12-9+,31-13-/t39-/m1/s1. The van der Waals surface area contributed by atoms with E-state index in [0.29, 0.717) is 37.4 Å². The van der Waals surface area contributed by atoms with Crippen molar-refractivity contribution in [1.82, 2.24) is 4.90 Å². The summed E-state index contributed by atoms with van der Waals surface area (Å²) >= 11 is 0. The number of unbranched alkanes of at least 4 members (excludes halogenated alkanes) is 1. The zero-order valence-corrected chi connectivity index (χ0v) is 27.1. The molecule has 5 heteroatoms. The molecule has 0 fully saturated rings. The molecule has 0 amide bonds. The lowest BCUT2D eigenvalue weighted by molar-refractivity contribution is -0.138. The second-order valence-electron chi connectivity index (χ2n) is 12.3. The molecule has 0 N–H and O–H groups in total. The maximum Gasteiger partial charge on any atom is 0.333 e. The molecule has 0 unspecified atom stereocenters.